The van der Waals surface area contributed by atoms with Crippen molar-refractivity contribution in [3.8, 4) is 17.2 Å². The molecule has 3 aliphatic rings. The third kappa shape index (κ3) is 5.68. The minimum Gasteiger partial charge on any atom is -0.458 e. The van der Waals surface area contributed by atoms with Crippen LogP contribution in [0.15, 0.2) is 148 Å². The molecule has 0 atom stereocenters. The molecule has 0 N–H and O–H groups in total. The van der Waals surface area contributed by atoms with Gasteiger partial charge in [0.2, 0.25) is 0 Å². The van der Waals surface area contributed by atoms with Crippen molar-refractivity contribution in [2.45, 2.75) is 104 Å². The Labute approximate surface area is 409 Å². The van der Waals surface area contributed by atoms with E-state index in [1.54, 1.807) is 0 Å². The fourth-order valence-electron chi connectivity index (χ4n) is 12.7. The number of hydrogen-bond donors (Lipinski definition) is 0. The van der Waals surface area contributed by atoms with Gasteiger partial charge in [0.15, 0.2) is 5.58 Å². The minimum atomic E-state index is -0.231. The van der Waals surface area contributed by atoms with Crippen LogP contribution in [0.25, 0.3) is 71.4 Å². The van der Waals surface area contributed by atoms with Crippen molar-refractivity contribution in [2.24, 2.45) is 0 Å². The molecule has 0 amide bonds. The monoisotopic (exact) mass is 912 g/mol. The molecule has 2 aliphatic heterocycles. The van der Waals surface area contributed by atoms with Gasteiger partial charge in [-0.2, -0.15) is 0 Å². The number of rotatable bonds is 2. The first-order valence-electron chi connectivity index (χ1n) is 25.2. The van der Waals surface area contributed by atoms with Crippen LogP contribution in [0.1, 0.15) is 104 Å². The summed E-state index contributed by atoms with van der Waals surface area (Å²) in [5.74, 6) is 1.69. The molecular weight excluding hydrogens is 856 g/mol. The summed E-state index contributed by atoms with van der Waals surface area (Å²) in [6, 6.07) is 51.8. The Balaban J connectivity index is 1.07. The average Bonchev–Trinajstić information content (AvgIpc) is 4.02. The van der Waals surface area contributed by atoms with Crippen molar-refractivity contribution >= 4 is 106 Å². The molecule has 0 saturated carbocycles. The molecule has 0 unspecified atom stereocenters. The van der Waals surface area contributed by atoms with Gasteiger partial charge < -0.3 is 23.0 Å². The van der Waals surface area contributed by atoms with Crippen molar-refractivity contribution in [3.63, 3.8) is 0 Å². The topological polar surface area (TPSA) is 43.7 Å². The second kappa shape index (κ2) is 13.8. The van der Waals surface area contributed by atoms with E-state index < -0.39 is 0 Å². The largest absolute Gasteiger partial charge is 0.458 e. The number of nitrogens with zero attached hydrogens (tertiary/aromatic N) is 2. The van der Waals surface area contributed by atoms with Gasteiger partial charge in [-0.3, -0.25) is 0 Å². The summed E-state index contributed by atoms with van der Waals surface area (Å²) in [5, 5.41) is 6.86. The number of benzene rings is 8. The van der Waals surface area contributed by atoms with Gasteiger partial charge in [-0.1, -0.05) is 136 Å². The zero-order chi connectivity index (χ0) is 48.0. The Morgan fingerprint density at radius 1 is 0.500 bits per heavy atom. The van der Waals surface area contributed by atoms with E-state index in [0.717, 1.165) is 107 Å². The number of anilines is 3. The van der Waals surface area contributed by atoms with Crippen molar-refractivity contribution in [3.05, 3.63) is 162 Å². The lowest BCUT2D eigenvalue weighted by molar-refractivity contribution is 0.332. The summed E-state index contributed by atoms with van der Waals surface area (Å²) in [6.45, 7) is 23.2. The van der Waals surface area contributed by atoms with Gasteiger partial charge >= 0.3 is 0 Å². The van der Waals surface area contributed by atoms with Gasteiger partial charge in [-0.05, 0) is 134 Å². The van der Waals surface area contributed by atoms with Crippen molar-refractivity contribution < 1.29 is 13.6 Å². The van der Waals surface area contributed by atoms with Crippen molar-refractivity contribution in [2.75, 3.05) is 4.90 Å². The van der Waals surface area contributed by atoms with Crippen LogP contribution in [0.2, 0.25) is 0 Å². The van der Waals surface area contributed by atoms with E-state index >= 15 is 0 Å². The molecule has 0 radical (unpaired) electrons. The predicted octanol–water partition coefficient (Wildman–Crippen LogP) is 15.9. The molecular formula is C64H57BN2O3. The zero-order valence-electron chi connectivity index (χ0n) is 41.9. The highest BCUT2D eigenvalue weighted by Gasteiger charge is 2.47. The molecule has 5 nitrogen and oxygen atoms in total. The maximum absolute atomic E-state index is 7.28. The van der Waals surface area contributed by atoms with Crippen LogP contribution in [0.5, 0.6) is 11.5 Å². The Kier molecular flexibility index (Phi) is 8.22. The summed E-state index contributed by atoms with van der Waals surface area (Å²) in [5.41, 5.74) is 19.0. The molecule has 6 heteroatoms. The van der Waals surface area contributed by atoms with Crippen molar-refractivity contribution in [1.82, 2.24) is 4.57 Å². The van der Waals surface area contributed by atoms with Gasteiger partial charge in [0.1, 0.15) is 28.2 Å². The number of hydrogen-bond acceptors (Lipinski definition) is 4. The molecule has 1 aliphatic carbocycles. The third-order valence-corrected chi connectivity index (χ3v) is 16.6. The van der Waals surface area contributed by atoms with Gasteiger partial charge in [-0.25, -0.2) is 0 Å². The minimum absolute atomic E-state index is 0.00858. The molecule has 3 aromatic heterocycles. The van der Waals surface area contributed by atoms with Gasteiger partial charge in [0.05, 0.1) is 16.7 Å². The third-order valence-electron chi connectivity index (χ3n) is 16.6. The first-order valence-corrected chi connectivity index (χ1v) is 25.2. The molecule has 0 bridgehead atoms. The highest BCUT2D eigenvalue weighted by molar-refractivity contribution is 7.01. The summed E-state index contributed by atoms with van der Waals surface area (Å²) in [6.07, 6.45) is 2.28. The first-order chi connectivity index (χ1) is 33.5. The molecule has 11 aromatic rings. The van der Waals surface area contributed by atoms with Crippen LogP contribution in [-0.4, -0.2) is 11.3 Å². The highest BCUT2D eigenvalue weighted by atomic mass is 16.5. The average molecular weight is 913 g/mol. The quantitative estimate of drug-likeness (QED) is 0.162. The van der Waals surface area contributed by atoms with E-state index in [1.807, 2.05) is 0 Å². The number of ether oxygens (including phenoxy) is 1. The molecule has 0 spiro atoms. The van der Waals surface area contributed by atoms with E-state index in [1.165, 1.54) is 44.1 Å². The van der Waals surface area contributed by atoms with Crippen molar-refractivity contribution in [1.29, 1.82) is 0 Å². The van der Waals surface area contributed by atoms with Crippen LogP contribution >= 0.6 is 0 Å². The predicted molar refractivity (Wildman–Crippen MR) is 294 cm³/mol. The lowest BCUT2D eigenvalue weighted by atomic mass is 9.34. The van der Waals surface area contributed by atoms with Gasteiger partial charge in [-0.15, -0.1) is 0 Å². The van der Waals surface area contributed by atoms with Gasteiger partial charge in [0, 0.05) is 60.9 Å². The Morgan fingerprint density at radius 3 is 1.73 bits per heavy atom. The lowest BCUT2D eigenvalue weighted by Gasteiger charge is -2.43. The SMILES string of the molecule is CC(C)(C)c1ccc2c(c1)c1cc(C(C)(C)C)ccc1n2-c1ccc2c(c1)Oc1cccc3c1B2c1c(c2oc4ccccc4c2c2c1oc1ccccc12)N3c1ccc2c(c1)C(C)(C)CCC2(C)C. The highest BCUT2D eigenvalue weighted by Crippen LogP contribution is 2.53. The van der Waals surface area contributed by atoms with Crippen LogP contribution in [0.4, 0.5) is 17.1 Å². The van der Waals surface area contributed by atoms with E-state index in [4.69, 9.17) is 13.6 Å². The fourth-order valence-corrected chi connectivity index (χ4v) is 12.7. The molecule has 70 heavy (non-hydrogen) atoms. The normalized spacial score (nSPS) is 16.0. The zero-order valence-corrected chi connectivity index (χ0v) is 41.9. The molecule has 14 rings (SSSR count). The van der Waals surface area contributed by atoms with Crippen LogP contribution in [0, 0.1) is 0 Å². The molecule has 0 saturated heterocycles. The smallest absolute Gasteiger partial charge is 0.261 e. The van der Waals surface area contributed by atoms with Crippen LogP contribution < -0.4 is 26.0 Å². The Morgan fingerprint density at radius 2 is 1.09 bits per heavy atom. The summed E-state index contributed by atoms with van der Waals surface area (Å²) in [7, 11) is 0. The number of furan rings is 2. The standard InChI is InChI=1S/C64H57BN2O3/c1-61(2,3)36-22-28-47-42(32-36)43-33-37(62(4,5)6)23-29-48(43)66(47)39-25-27-46-53(35-39)68-52-21-15-18-49-56(52)65(46)57-58(67(49)38-24-26-44-45(34-38)64(9,10)31-30-63(44,7)8)60-55(41-17-12-14-20-51(41)70-60)54-40-16-11-13-19-50(40)69-59(54)57/h11-29,32-35H,30-31H2,1-10H3. The number of para-hydroxylation sites is 2. The molecule has 0 fully saturated rings. The second-order valence-corrected chi connectivity index (χ2v) is 23.9. The van der Waals surface area contributed by atoms with Gasteiger partial charge in [0.25, 0.3) is 6.71 Å². The number of aromatic nitrogens is 1. The van der Waals surface area contributed by atoms with E-state index in [0.29, 0.717) is 0 Å². The van der Waals surface area contributed by atoms with Crippen LogP contribution in [0.3, 0.4) is 0 Å². The Bertz CT molecular complexity index is 4020. The lowest BCUT2D eigenvalue weighted by Crippen LogP contribution is -2.59. The van der Waals surface area contributed by atoms with E-state index in [-0.39, 0.29) is 28.4 Å². The Hall–Kier alpha value is -7.18. The maximum atomic E-state index is 7.28. The second-order valence-electron chi connectivity index (χ2n) is 23.9. The maximum Gasteiger partial charge on any atom is 0.261 e. The molecule has 5 heterocycles. The number of fused-ring (bicyclic) bond motifs is 17. The first kappa shape index (κ1) is 41.8. The summed E-state index contributed by atoms with van der Waals surface area (Å²) in [4.78, 5) is 2.47. The molecule has 8 aromatic carbocycles. The summed E-state index contributed by atoms with van der Waals surface area (Å²) < 4.78 is 24.2. The molecule has 344 valence electrons. The summed E-state index contributed by atoms with van der Waals surface area (Å²) >= 11 is 0. The van der Waals surface area contributed by atoms with E-state index in [9.17, 15) is 0 Å². The van der Waals surface area contributed by atoms with E-state index in [2.05, 4.69) is 218 Å². The fraction of sp³-hybridized carbons (Fsp3) is 0.250. The van der Waals surface area contributed by atoms with Crippen LogP contribution in [-0.2, 0) is 21.7 Å².